The lowest BCUT2D eigenvalue weighted by molar-refractivity contribution is 0.102. The topological polar surface area (TPSA) is 72.7 Å². The molecule has 0 fully saturated rings. The first-order chi connectivity index (χ1) is 13.1. The first-order valence-corrected chi connectivity index (χ1v) is 8.91. The van der Waals surface area contributed by atoms with E-state index in [-0.39, 0.29) is 11.7 Å². The van der Waals surface area contributed by atoms with Crippen LogP contribution in [-0.4, -0.2) is 25.7 Å². The molecule has 0 aliphatic heterocycles. The molecular formula is C19H14FN5OS. The molecule has 2 heterocycles. The summed E-state index contributed by atoms with van der Waals surface area (Å²) in [6.07, 6.45) is 3.04. The zero-order chi connectivity index (χ0) is 18.8. The lowest BCUT2D eigenvalue weighted by Gasteiger charge is -2.04. The van der Waals surface area contributed by atoms with E-state index in [1.165, 1.54) is 29.8 Å². The molecule has 4 rings (SSSR count). The molecule has 27 heavy (non-hydrogen) atoms. The Balaban J connectivity index is 1.51. The molecule has 134 valence electrons. The number of amides is 1. The van der Waals surface area contributed by atoms with Gasteiger partial charge in [-0.25, -0.2) is 19.0 Å². The number of aromatic nitrogens is 4. The highest BCUT2D eigenvalue weighted by Gasteiger charge is 2.13. The van der Waals surface area contributed by atoms with E-state index in [0.29, 0.717) is 10.7 Å². The van der Waals surface area contributed by atoms with Crippen molar-refractivity contribution in [1.29, 1.82) is 0 Å². The van der Waals surface area contributed by atoms with Crippen molar-refractivity contribution in [2.45, 2.75) is 6.92 Å². The molecule has 2 aromatic carbocycles. The van der Waals surface area contributed by atoms with Gasteiger partial charge in [-0.2, -0.15) is 5.10 Å². The predicted octanol–water partition coefficient (Wildman–Crippen LogP) is 4.09. The van der Waals surface area contributed by atoms with Crippen LogP contribution in [0.1, 0.15) is 15.2 Å². The summed E-state index contributed by atoms with van der Waals surface area (Å²) in [4.78, 5) is 21.8. The SMILES string of the molecule is Cc1sc(NC(=O)c2ccc(-n3cncn3)cc2)nc1-c1ccc(F)cc1. The lowest BCUT2D eigenvalue weighted by Crippen LogP contribution is -2.11. The number of hydrogen-bond donors (Lipinski definition) is 1. The van der Waals surface area contributed by atoms with E-state index in [2.05, 4.69) is 20.4 Å². The van der Waals surface area contributed by atoms with Crippen molar-refractivity contribution < 1.29 is 9.18 Å². The normalized spacial score (nSPS) is 10.7. The van der Waals surface area contributed by atoms with Crippen LogP contribution in [0.3, 0.4) is 0 Å². The van der Waals surface area contributed by atoms with E-state index in [1.54, 1.807) is 47.4 Å². The Labute approximate surface area is 158 Å². The van der Waals surface area contributed by atoms with Gasteiger partial charge < -0.3 is 0 Å². The van der Waals surface area contributed by atoms with Crippen LogP contribution in [0.25, 0.3) is 16.9 Å². The number of anilines is 1. The van der Waals surface area contributed by atoms with Crippen LogP contribution in [0.15, 0.2) is 61.2 Å². The highest BCUT2D eigenvalue weighted by Crippen LogP contribution is 2.30. The van der Waals surface area contributed by atoms with E-state index in [4.69, 9.17) is 0 Å². The second-order valence-electron chi connectivity index (χ2n) is 5.77. The number of thiazole rings is 1. The Morgan fingerprint density at radius 3 is 2.52 bits per heavy atom. The Kier molecular flexibility index (Phi) is 4.47. The minimum Gasteiger partial charge on any atom is -0.298 e. The predicted molar refractivity (Wildman–Crippen MR) is 102 cm³/mol. The summed E-state index contributed by atoms with van der Waals surface area (Å²) in [6.45, 7) is 1.92. The molecule has 8 heteroatoms. The van der Waals surface area contributed by atoms with Crippen molar-refractivity contribution >= 4 is 22.4 Å². The number of nitrogens with zero attached hydrogens (tertiary/aromatic N) is 4. The second kappa shape index (κ2) is 7.08. The summed E-state index contributed by atoms with van der Waals surface area (Å²) < 4.78 is 14.7. The van der Waals surface area contributed by atoms with Gasteiger partial charge in [0.2, 0.25) is 0 Å². The van der Waals surface area contributed by atoms with Gasteiger partial charge >= 0.3 is 0 Å². The van der Waals surface area contributed by atoms with Gasteiger partial charge in [0.15, 0.2) is 5.13 Å². The van der Waals surface area contributed by atoms with Gasteiger partial charge in [-0.3, -0.25) is 10.1 Å². The van der Waals surface area contributed by atoms with Crippen LogP contribution in [-0.2, 0) is 0 Å². The highest BCUT2D eigenvalue weighted by atomic mass is 32.1. The van der Waals surface area contributed by atoms with Crippen molar-refractivity contribution in [2.24, 2.45) is 0 Å². The highest BCUT2D eigenvalue weighted by molar-refractivity contribution is 7.16. The molecule has 1 N–H and O–H groups in total. The van der Waals surface area contributed by atoms with Crippen molar-refractivity contribution in [3.8, 4) is 16.9 Å². The van der Waals surface area contributed by atoms with Crippen molar-refractivity contribution in [1.82, 2.24) is 19.7 Å². The van der Waals surface area contributed by atoms with Gasteiger partial charge in [-0.1, -0.05) is 0 Å². The number of hydrogen-bond acceptors (Lipinski definition) is 5. The van der Waals surface area contributed by atoms with E-state index < -0.39 is 0 Å². The second-order valence-corrected chi connectivity index (χ2v) is 6.97. The quantitative estimate of drug-likeness (QED) is 0.580. The zero-order valence-corrected chi connectivity index (χ0v) is 15.1. The molecule has 0 saturated heterocycles. The summed E-state index contributed by atoms with van der Waals surface area (Å²) in [5.74, 6) is -0.547. The average molecular weight is 379 g/mol. The minimum absolute atomic E-state index is 0.250. The van der Waals surface area contributed by atoms with Crippen LogP contribution in [0.2, 0.25) is 0 Å². The molecule has 1 amide bonds. The van der Waals surface area contributed by atoms with Gasteiger partial charge in [0, 0.05) is 16.0 Å². The van der Waals surface area contributed by atoms with Crippen LogP contribution in [0.5, 0.6) is 0 Å². The summed E-state index contributed by atoms with van der Waals surface area (Å²) in [6, 6.07) is 13.1. The number of halogens is 1. The summed E-state index contributed by atoms with van der Waals surface area (Å²) in [7, 11) is 0. The van der Waals surface area contributed by atoms with E-state index in [0.717, 1.165) is 21.8 Å². The Hall–Kier alpha value is -3.39. The number of carbonyl (C=O) groups excluding carboxylic acids is 1. The molecule has 2 aromatic heterocycles. The van der Waals surface area contributed by atoms with E-state index in [9.17, 15) is 9.18 Å². The Morgan fingerprint density at radius 2 is 1.85 bits per heavy atom. The first kappa shape index (κ1) is 17.0. The molecule has 4 aromatic rings. The summed E-state index contributed by atoms with van der Waals surface area (Å²) >= 11 is 1.38. The van der Waals surface area contributed by atoms with Gasteiger partial charge in [-0.05, 0) is 55.5 Å². The fraction of sp³-hybridized carbons (Fsp3) is 0.0526. The molecule has 0 aliphatic carbocycles. The molecule has 0 aliphatic rings. The van der Waals surface area contributed by atoms with Crippen molar-refractivity contribution in [2.75, 3.05) is 5.32 Å². The van der Waals surface area contributed by atoms with Crippen molar-refractivity contribution in [3.63, 3.8) is 0 Å². The molecule has 6 nitrogen and oxygen atoms in total. The fourth-order valence-electron chi connectivity index (χ4n) is 2.60. The van der Waals surface area contributed by atoms with Crippen molar-refractivity contribution in [3.05, 3.63) is 77.4 Å². The monoisotopic (exact) mass is 379 g/mol. The third kappa shape index (κ3) is 3.61. The van der Waals surface area contributed by atoms with Crippen LogP contribution < -0.4 is 5.32 Å². The molecule has 0 atom stereocenters. The van der Waals surface area contributed by atoms with Gasteiger partial charge in [-0.15, -0.1) is 11.3 Å². The largest absolute Gasteiger partial charge is 0.298 e. The number of carbonyl (C=O) groups is 1. The maximum Gasteiger partial charge on any atom is 0.257 e. The number of benzene rings is 2. The third-order valence-corrected chi connectivity index (χ3v) is 4.83. The Morgan fingerprint density at radius 1 is 1.11 bits per heavy atom. The number of rotatable bonds is 4. The standard InChI is InChI=1S/C19H14FN5OS/c1-12-17(13-2-6-15(20)7-3-13)23-19(27-12)24-18(26)14-4-8-16(9-5-14)25-11-21-10-22-25/h2-11H,1H3,(H,23,24,26). The van der Waals surface area contributed by atoms with Gasteiger partial charge in [0.25, 0.3) is 5.91 Å². The molecule has 0 spiro atoms. The smallest absolute Gasteiger partial charge is 0.257 e. The van der Waals surface area contributed by atoms with Gasteiger partial charge in [0.05, 0.1) is 11.4 Å². The summed E-state index contributed by atoms with van der Waals surface area (Å²) in [5.41, 5.74) is 2.86. The van der Waals surface area contributed by atoms with Crippen LogP contribution in [0, 0.1) is 12.7 Å². The van der Waals surface area contributed by atoms with Crippen LogP contribution >= 0.6 is 11.3 Å². The third-order valence-electron chi connectivity index (χ3n) is 3.95. The van der Waals surface area contributed by atoms with E-state index in [1.807, 2.05) is 6.92 Å². The van der Waals surface area contributed by atoms with Crippen LogP contribution in [0.4, 0.5) is 9.52 Å². The molecular weight excluding hydrogens is 365 g/mol. The lowest BCUT2D eigenvalue weighted by atomic mass is 10.1. The molecule has 0 saturated carbocycles. The van der Waals surface area contributed by atoms with Gasteiger partial charge in [0.1, 0.15) is 18.5 Å². The maximum atomic E-state index is 13.1. The fourth-order valence-corrected chi connectivity index (χ4v) is 3.43. The molecule has 0 bridgehead atoms. The summed E-state index contributed by atoms with van der Waals surface area (Å²) in [5, 5.41) is 7.36. The number of aryl methyl sites for hydroxylation is 1. The minimum atomic E-state index is -0.297. The molecule has 0 radical (unpaired) electrons. The zero-order valence-electron chi connectivity index (χ0n) is 14.3. The first-order valence-electron chi connectivity index (χ1n) is 8.10. The Bertz CT molecular complexity index is 1070. The average Bonchev–Trinajstić information content (AvgIpc) is 3.33. The number of nitrogens with one attached hydrogen (secondary N) is 1. The molecule has 0 unspecified atom stereocenters. The maximum absolute atomic E-state index is 13.1. The van der Waals surface area contributed by atoms with E-state index >= 15 is 0 Å².